The number of carbonyl (C=O) groups is 1. The van der Waals surface area contributed by atoms with Gasteiger partial charge in [-0.1, -0.05) is 17.7 Å². The zero-order valence-electron chi connectivity index (χ0n) is 12.2. The molecule has 0 spiro atoms. The van der Waals surface area contributed by atoms with Crippen molar-refractivity contribution in [3.8, 4) is 11.5 Å². The molecule has 0 atom stereocenters. The van der Waals surface area contributed by atoms with Gasteiger partial charge in [0.25, 0.3) is 0 Å². The molecule has 0 unspecified atom stereocenters. The third-order valence-electron chi connectivity index (χ3n) is 2.95. The number of nitrogens with one attached hydrogen (secondary N) is 1. The second-order valence-corrected chi connectivity index (χ2v) is 6.15. The van der Waals surface area contributed by atoms with E-state index in [1.165, 1.54) is 12.3 Å². The maximum atomic E-state index is 11.8. The molecule has 0 radical (unpaired) electrons. The number of amides is 1. The Morgan fingerprint density at radius 2 is 2.09 bits per heavy atom. The molecule has 0 bridgehead atoms. The first-order valence-electron chi connectivity index (χ1n) is 6.64. The molecule has 0 aliphatic carbocycles. The second kappa shape index (κ2) is 7.48. The Bertz CT molecular complexity index is 778. The molecular formula is C16H14BrClN2O3. The summed E-state index contributed by atoms with van der Waals surface area (Å²) in [4.78, 5) is 15.8. The van der Waals surface area contributed by atoms with E-state index in [2.05, 4.69) is 26.2 Å². The number of aryl methyl sites for hydroxylation is 1. The molecule has 2 aromatic carbocycles. The van der Waals surface area contributed by atoms with Crippen LogP contribution in [-0.4, -0.2) is 28.9 Å². The fourth-order valence-corrected chi connectivity index (χ4v) is 2.68. The Morgan fingerprint density at radius 3 is 2.78 bits per heavy atom. The van der Waals surface area contributed by atoms with Crippen molar-refractivity contribution >= 4 is 45.3 Å². The van der Waals surface area contributed by atoms with Crippen LogP contribution >= 0.6 is 27.5 Å². The van der Waals surface area contributed by atoms with E-state index in [-0.39, 0.29) is 24.0 Å². The molecule has 0 aliphatic heterocycles. The third-order valence-corrected chi connectivity index (χ3v) is 3.77. The highest BCUT2D eigenvalue weighted by Gasteiger charge is 2.07. The fraction of sp³-hybridized carbons (Fsp3) is 0.125. The van der Waals surface area contributed by atoms with Crippen LogP contribution in [-0.2, 0) is 4.79 Å². The van der Waals surface area contributed by atoms with Crippen molar-refractivity contribution in [3.05, 3.63) is 51.0 Å². The van der Waals surface area contributed by atoms with Crippen LogP contribution in [0.25, 0.3) is 0 Å². The molecule has 0 heterocycles. The van der Waals surface area contributed by atoms with Crippen LogP contribution in [0.15, 0.2) is 39.8 Å². The van der Waals surface area contributed by atoms with Crippen molar-refractivity contribution in [2.45, 2.75) is 6.92 Å². The summed E-state index contributed by atoms with van der Waals surface area (Å²) in [6, 6.07) is 8.04. The average Bonchev–Trinajstić information content (AvgIpc) is 2.47. The number of halogens is 2. The van der Waals surface area contributed by atoms with Gasteiger partial charge in [-0.15, -0.1) is 0 Å². The summed E-state index contributed by atoms with van der Waals surface area (Å²) in [5, 5.41) is 22.6. The Balaban J connectivity index is 2.02. The smallest absolute Gasteiger partial charge is 0.246 e. The Labute approximate surface area is 146 Å². The Hall–Kier alpha value is -2.05. The maximum absolute atomic E-state index is 11.8. The molecule has 0 saturated carbocycles. The summed E-state index contributed by atoms with van der Waals surface area (Å²) in [7, 11) is 0. The molecule has 5 nitrogen and oxygen atoms in total. The number of benzene rings is 2. The zero-order chi connectivity index (χ0) is 17.0. The van der Waals surface area contributed by atoms with Gasteiger partial charge in [0.2, 0.25) is 5.91 Å². The number of hydrogen-bond donors (Lipinski definition) is 3. The van der Waals surface area contributed by atoms with E-state index < -0.39 is 0 Å². The Kier molecular flexibility index (Phi) is 5.63. The SMILES string of the molecule is Cc1ccc(NC(=O)CN=Cc2cc(Cl)cc(Br)c2O)c(O)c1. The van der Waals surface area contributed by atoms with Gasteiger partial charge in [-0.3, -0.25) is 9.79 Å². The predicted molar refractivity (Wildman–Crippen MR) is 94.8 cm³/mol. The number of carbonyl (C=O) groups excluding carboxylic acids is 1. The lowest BCUT2D eigenvalue weighted by atomic mass is 10.2. The van der Waals surface area contributed by atoms with Crippen LogP contribution in [0.1, 0.15) is 11.1 Å². The first-order chi connectivity index (χ1) is 10.9. The number of phenolic OH excluding ortho intramolecular Hbond substituents is 2. The van der Waals surface area contributed by atoms with Gasteiger partial charge in [-0.2, -0.15) is 0 Å². The monoisotopic (exact) mass is 396 g/mol. The molecule has 2 rings (SSSR count). The minimum absolute atomic E-state index is 0.00116. The fourth-order valence-electron chi connectivity index (χ4n) is 1.85. The van der Waals surface area contributed by atoms with Gasteiger partial charge in [-0.05, 0) is 52.7 Å². The average molecular weight is 398 g/mol. The first kappa shape index (κ1) is 17.3. The van der Waals surface area contributed by atoms with Crippen molar-refractivity contribution in [2.75, 3.05) is 11.9 Å². The summed E-state index contributed by atoms with van der Waals surface area (Å²) in [5.41, 5.74) is 1.61. The molecule has 23 heavy (non-hydrogen) atoms. The number of aliphatic imine (C=N–C) groups is 1. The molecule has 120 valence electrons. The molecule has 0 saturated heterocycles. The van der Waals surface area contributed by atoms with Gasteiger partial charge in [0.15, 0.2) is 0 Å². The highest BCUT2D eigenvalue weighted by molar-refractivity contribution is 9.10. The molecule has 0 aliphatic rings. The lowest BCUT2D eigenvalue weighted by Crippen LogP contribution is -2.15. The van der Waals surface area contributed by atoms with Gasteiger partial charge < -0.3 is 15.5 Å². The van der Waals surface area contributed by atoms with Crippen molar-refractivity contribution in [2.24, 2.45) is 4.99 Å². The van der Waals surface area contributed by atoms with Gasteiger partial charge in [0, 0.05) is 16.8 Å². The van der Waals surface area contributed by atoms with Crippen molar-refractivity contribution in [3.63, 3.8) is 0 Å². The summed E-state index contributed by atoms with van der Waals surface area (Å²) in [6.07, 6.45) is 1.36. The van der Waals surface area contributed by atoms with Gasteiger partial charge in [0.05, 0.1) is 10.2 Å². The summed E-state index contributed by atoms with van der Waals surface area (Å²) >= 11 is 9.06. The molecule has 3 N–H and O–H groups in total. The summed E-state index contributed by atoms with van der Waals surface area (Å²) in [6.45, 7) is 1.68. The topological polar surface area (TPSA) is 81.9 Å². The van der Waals surface area contributed by atoms with Crippen molar-refractivity contribution < 1.29 is 15.0 Å². The van der Waals surface area contributed by atoms with Crippen molar-refractivity contribution in [1.82, 2.24) is 0 Å². The van der Waals surface area contributed by atoms with Crippen LogP contribution in [0.4, 0.5) is 5.69 Å². The van der Waals surface area contributed by atoms with Crippen LogP contribution in [0.5, 0.6) is 11.5 Å². The van der Waals surface area contributed by atoms with E-state index >= 15 is 0 Å². The molecular weight excluding hydrogens is 384 g/mol. The number of anilines is 1. The molecule has 0 aromatic heterocycles. The van der Waals surface area contributed by atoms with Crippen molar-refractivity contribution in [1.29, 1.82) is 0 Å². The first-order valence-corrected chi connectivity index (χ1v) is 7.81. The lowest BCUT2D eigenvalue weighted by molar-refractivity contribution is -0.114. The number of hydrogen-bond acceptors (Lipinski definition) is 4. The Morgan fingerprint density at radius 1 is 1.35 bits per heavy atom. The number of nitrogens with zero attached hydrogens (tertiary/aromatic N) is 1. The predicted octanol–water partition coefficient (Wildman–Crippen LogP) is 3.88. The molecule has 2 aromatic rings. The van der Waals surface area contributed by atoms with E-state index in [1.54, 1.807) is 24.3 Å². The van der Waals surface area contributed by atoms with Crippen LogP contribution in [0, 0.1) is 6.92 Å². The van der Waals surface area contributed by atoms with E-state index in [0.29, 0.717) is 20.7 Å². The van der Waals surface area contributed by atoms with Gasteiger partial charge >= 0.3 is 0 Å². The molecule has 7 heteroatoms. The van der Waals surface area contributed by atoms with E-state index in [9.17, 15) is 15.0 Å². The standard InChI is InChI=1S/C16H14BrClN2O3/c1-9-2-3-13(14(21)4-9)20-15(22)8-19-7-10-5-11(18)6-12(17)16(10)23/h2-7,21,23H,8H2,1H3,(H,20,22). The number of rotatable bonds is 4. The van der Waals surface area contributed by atoms with Gasteiger partial charge in [-0.25, -0.2) is 0 Å². The number of aromatic hydroxyl groups is 2. The minimum Gasteiger partial charge on any atom is -0.506 e. The highest BCUT2D eigenvalue weighted by Crippen LogP contribution is 2.30. The maximum Gasteiger partial charge on any atom is 0.246 e. The molecule has 1 amide bonds. The largest absolute Gasteiger partial charge is 0.506 e. The van der Waals surface area contributed by atoms with E-state index in [1.807, 2.05) is 6.92 Å². The zero-order valence-corrected chi connectivity index (χ0v) is 14.5. The van der Waals surface area contributed by atoms with Crippen LogP contribution in [0.2, 0.25) is 5.02 Å². The number of phenols is 2. The quantitative estimate of drug-likeness (QED) is 0.541. The van der Waals surface area contributed by atoms with E-state index in [4.69, 9.17) is 11.6 Å². The highest BCUT2D eigenvalue weighted by atomic mass is 79.9. The normalized spacial score (nSPS) is 10.9. The third kappa shape index (κ3) is 4.71. The van der Waals surface area contributed by atoms with E-state index in [0.717, 1.165) is 5.56 Å². The minimum atomic E-state index is -0.388. The van der Waals surface area contributed by atoms with Crippen LogP contribution < -0.4 is 5.32 Å². The van der Waals surface area contributed by atoms with Crippen LogP contribution in [0.3, 0.4) is 0 Å². The van der Waals surface area contributed by atoms with Gasteiger partial charge in [0.1, 0.15) is 18.0 Å². The summed E-state index contributed by atoms with van der Waals surface area (Å²) < 4.78 is 0.445. The second-order valence-electron chi connectivity index (χ2n) is 4.86. The molecule has 0 fully saturated rings. The summed E-state index contributed by atoms with van der Waals surface area (Å²) in [5.74, 6) is -0.394. The lowest BCUT2D eigenvalue weighted by Gasteiger charge is -2.06.